The summed E-state index contributed by atoms with van der Waals surface area (Å²) < 4.78 is 0.839. The molecule has 1 heterocycles. The van der Waals surface area contributed by atoms with Crippen molar-refractivity contribution in [1.29, 1.82) is 0 Å². The van der Waals surface area contributed by atoms with Gasteiger partial charge in [-0.2, -0.15) is 0 Å². The highest BCUT2D eigenvalue weighted by atomic mass is 79.9. The van der Waals surface area contributed by atoms with Crippen LogP contribution < -0.4 is 0 Å². The van der Waals surface area contributed by atoms with Crippen LogP contribution >= 0.6 is 15.9 Å². The fourth-order valence-electron chi connectivity index (χ4n) is 3.39. The SMILES string of the molecule is CC(C)c1ccc([C@H]2C(=C(O)c3ccc(Br)cc3)C(=O)C(=O)N2CCO)cc1. The summed E-state index contributed by atoms with van der Waals surface area (Å²) in [5, 5.41) is 20.3. The molecule has 2 aromatic rings. The van der Waals surface area contributed by atoms with Crippen LogP contribution in [-0.2, 0) is 9.59 Å². The van der Waals surface area contributed by atoms with E-state index < -0.39 is 17.7 Å². The van der Waals surface area contributed by atoms with Crippen molar-refractivity contribution < 1.29 is 19.8 Å². The molecule has 3 rings (SSSR count). The topological polar surface area (TPSA) is 77.8 Å². The molecule has 28 heavy (non-hydrogen) atoms. The first-order valence-electron chi connectivity index (χ1n) is 9.10. The number of nitrogens with zero attached hydrogens (tertiary/aromatic N) is 1. The van der Waals surface area contributed by atoms with Gasteiger partial charge in [0.25, 0.3) is 11.7 Å². The summed E-state index contributed by atoms with van der Waals surface area (Å²) in [4.78, 5) is 26.6. The Balaban J connectivity index is 2.14. The van der Waals surface area contributed by atoms with E-state index >= 15 is 0 Å². The maximum atomic E-state index is 12.7. The average Bonchev–Trinajstić information content (AvgIpc) is 2.93. The van der Waals surface area contributed by atoms with Crippen LogP contribution in [0.25, 0.3) is 5.76 Å². The Morgan fingerprint density at radius 2 is 1.68 bits per heavy atom. The van der Waals surface area contributed by atoms with Gasteiger partial charge in [-0.3, -0.25) is 9.59 Å². The number of amides is 1. The molecule has 6 heteroatoms. The number of Topliss-reactive ketones (excluding diaryl/α,β-unsaturated/α-hetero) is 1. The summed E-state index contributed by atoms with van der Waals surface area (Å²) in [7, 11) is 0. The van der Waals surface area contributed by atoms with E-state index in [1.165, 1.54) is 4.90 Å². The van der Waals surface area contributed by atoms with Crippen LogP contribution in [0.1, 0.15) is 42.5 Å². The van der Waals surface area contributed by atoms with Gasteiger partial charge in [-0.15, -0.1) is 0 Å². The Bertz CT molecular complexity index is 917. The van der Waals surface area contributed by atoms with Gasteiger partial charge in [0.15, 0.2) is 0 Å². The molecule has 0 spiro atoms. The molecule has 0 aliphatic carbocycles. The first-order chi connectivity index (χ1) is 13.3. The molecule has 1 saturated heterocycles. The molecule has 0 unspecified atom stereocenters. The number of hydrogen-bond donors (Lipinski definition) is 2. The van der Waals surface area contributed by atoms with Crippen molar-refractivity contribution in [1.82, 2.24) is 4.90 Å². The van der Waals surface area contributed by atoms with Gasteiger partial charge in [-0.05, 0) is 29.2 Å². The van der Waals surface area contributed by atoms with Crippen LogP contribution in [0.3, 0.4) is 0 Å². The molecule has 1 atom stereocenters. The van der Waals surface area contributed by atoms with Crippen molar-refractivity contribution in [2.45, 2.75) is 25.8 Å². The average molecular weight is 444 g/mol. The van der Waals surface area contributed by atoms with E-state index in [1.54, 1.807) is 24.3 Å². The van der Waals surface area contributed by atoms with E-state index in [-0.39, 0.29) is 24.5 Å². The zero-order chi connectivity index (χ0) is 20.4. The number of aliphatic hydroxyl groups excluding tert-OH is 2. The minimum absolute atomic E-state index is 0.0122. The minimum atomic E-state index is -0.744. The number of carbonyl (C=O) groups excluding carboxylic acids is 2. The summed E-state index contributed by atoms with van der Waals surface area (Å²) in [5.74, 6) is -1.33. The van der Waals surface area contributed by atoms with Crippen LogP contribution in [0.2, 0.25) is 0 Å². The molecule has 0 aromatic heterocycles. The molecule has 5 nitrogen and oxygen atoms in total. The molecule has 0 bridgehead atoms. The standard InChI is InChI=1S/C22H22BrNO4/c1-13(2)14-3-5-15(6-4-14)19-18(21(27)22(28)24(19)11-12-25)20(26)16-7-9-17(23)10-8-16/h3-10,13,19,25-26H,11-12H2,1-2H3/t19-/m0/s1. The monoisotopic (exact) mass is 443 g/mol. The Kier molecular flexibility index (Phi) is 6.01. The number of carbonyl (C=O) groups is 2. The number of benzene rings is 2. The lowest BCUT2D eigenvalue weighted by atomic mass is 9.93. The molecule has 2 aromatic carbocycles. The first kappa shape index (κ1) is 20.3. The predicted octanol–water partition coefficient (Wildman–Crippen LogP) is 3.99. The molecule has 1 aliphatic heterocycles. The van der Waals surface area contributed by atoms with Gasteiger partial charge in [0, 0.05) is 16.6 Å². The Labute approximate surface area is 172 Å². The van der Waals surface area contributed by atoms with Crippen molar-refractivity contribution in [3.8, 4) is 0 Å². The molecule has 146 valence electrons. The van der Waals surface area contributed by atoms with Gasteiger partial charge in [-0.25, -0.2) is 0 Å². The van der Waals surface area contributed by atoms with E-state index in [2.05, 4.69) is 29.8 Å². The van der Waals surface area contributed by atoms with Crippen molar-refractivity contribution in [3.63, 3.8) is 0 Å². The summed E-state index contributed by atoms with van der Waals surface area (Å²) in [6, 6.07) is 13.8. The maximum Gasteiger partial charge on any atom is 0.295 e. The zero-order valence-electron chi connectivity index (χ0n) is 15.7. The van der Waals surface area contributed by atoms with E-state index in [1.807, 2.05) is 24.3 Å². The van der Waals surface area contributed by atoms with E-state index in [4.69, 9.17) is 0 Å². The molecule has 0 saturated carbocycles. The third-order valence-corrected chi connectivity index (χ3v) is 5.45. The maximum absolute atomic E-state index is 12.7. The number of aliphatic hydroxyl groups is 2. The number of likely N-dealkylation sites (tertiary alicyclic amines) is 1. The molecule has 1 aliphatic rings. The van der Waals surface area contributed by atoms with Crippen molar-refractivity contribution in [3.05, 3.63) is 75.3 Å². The number of hydrogen-bond acceptors (Lipinski definition) is 4. The fraction of sp³-hybridized carbons (Fsp3) is 0.273. The van der Waals surface area contributed by atoms with Crippen LogP contribution in [0.15, 0.2) is 58.6 Å². The fourth-order valence-corrected chi connectivity index (χ4v) is 3.66. The van der Waals surface area contributed by atoms with Gasteiger partial charge in [0.1, 0.15) is 5.76 Å². The van der Waals surface area contributed by atoms with Gasteiger partial charge >= 0.3 is 0 Å². The summed E-state index contributed by atoms with van der Waals surface area (Å²) >= 11 is 3.34. The highest BCUT2D eigenvalue weighted by Gasteiger charge is 2.45. The second-order valence-corrected chi connectivity index (χ2v) is 7.96. The number of rotatable bonds is 5. The quantitative estimate of drug-likeness (QED) is 0.416. The van der Waals surface area contributed by atoms with Crippen LogP contribution in [-0.4, -0.2) is 40.0 Å². The predicted molar refractivity (Wildman–Crippen MR) is 111 cm³/mol. The van der Waals surface area contributed by atoms with Crippen molar-refractivity contribution in [2.75, 3.05) is 13.2 Å². The third kappa shape index (κ3) is 3.75. The highest BCUT2D eigenvalue weighted by Crippen LogP contribution is 2.39. The van der Waals surface area contributed by atoms with Crippen molar-refractivity contribution in [2.24, 2.45) is 0 Å². The largest absolute Gasteiger partial charge is 0.507 e. The normalized spacial score (nSPS) is 18.9. The molecular formula is C22H22BrNO4. The Hall–Kier alpha value is -2.44. The molecule has 1 amide bonds. The summed E-state index contributed by atoms with van der Waals surface area (Å²) in [6.07, 6.45) is 0. The summed E-state index contributed by atoms with van der Waals surface area (Å²) in [5.41, 5.74) is 2.35. The zero-order valence-corrected chi connectivity index (χ0v) is 17.3. The molecule has 2 N–H and O–H groups in total. The van der Waals surface area contributed by atoms with E-state index in [0.717, 1.165) is 15.6 Å². The Morgan fingerprint density at radius 1 is 1.07 bits per heavy atom. The first-order valence-corrected chi connectivity index (χ1v) is 9.89. The smallest absolute Gasteiger partial charge is 0.295 e. The minimum Gasteiger partial charge on any atom is -0.507 e. The lowest BCUT2D eigenvalue weighted by Gasteiger charge is -2.25. The van der Waals surface area contributed by atoms with Crippen molar-refractivity contribution >= 4 is 33.4 Å². The molecule has 1 fully saturated rings. The second kappa shape index (κ2) is 8.29. The summed E-state index contributed by atoms with van der Waals surface area (Å²) in [6.45, 7) is 3.91. The number of ketones is 1. The number of β-amino-alcohol motifs (C(OH)–C–C–N with tert-alkyl or cyclic N) is 1. The van der Waals surface area contributed by atoms with Gasteiger partial charge in [0.2, 0.25) is 0 Å². The van der Waals surface area contributed by atoms with Crippen LogP contribution in [0.4, 0.5) is 0 Å². The van der Waals surface area contributed by atoms with Gasteiger partial charge in [-0.1, -0.05) is 66.2 Å². The van der Waals surface area contributed by atoms with Gasteiger partial charge < -0.3 is 15.1 Å². The van der Waals surface area contributed by atoms with Crippen LogP contribution in [0, 0.1) is 0 Å². The number of halogens is 1. The lowest BCUT2D eigenvalue weighted by Crippen LogP contribution is -2.32. The van der Waals surface area contributed by atoms with Gasteiger partial charge in [0.05, 0.1) is 18.2 Å². The Morgan fingerprint density at radius 3 is 2.21 bits per heavy atom. The lowest BCUT2D eigenvalue weighted by molar-refractivity contribution is -0.140. The molecule has 0 radical (unpaired) electrons. The van der Waals surface area contributed by atoms with E-state index in [0.29, 0.717) is 11.5 Å². The van der Waals surface area contributed by atoms with Crippen LogP contribution in [0.5, 0.6) is 0 Å². The third-order valence-electron chi connectivity index (χ3n) is 4.92. The second-order valence-electron chi connectivity index (χ2n) is 7.04. The molecular weight excluding hydrogens is 422 g/mol. The highest BCUT2D eigenvalue weighted by molar-refractivity contribution is 9.10. The van der Waals surface area contributed by atoms with E-state index in [9.17, 15) is 19.8 Å².